The van der Waals surface area contributed by atoms with E-state index in [0.717, 1.165) is 37.1 Å². The third-order valence-corrected chi connectivity index (χ3v) is 5.40. The van der Waals surface area contributed by atoms with Crippen LogP contribution >= 0.6 is 0 Å². The normalized spacial score (nSPS) is 19.1. The van der Waals surface area contributed by atoms with E-state index in [1.54, 1.807) is 0 Å². The standard InChI is InChI=1S/C16H18F3NO5S/c17-16(18,19)25-12-6-8-13(9-7-12)26(23,24)20-14(15(21)22)10-11-4-2-1-3-5-11/h1-2,6-9,11,14,20H,3-5,10H2,(H,21,22)/t11-,14+/m0/s1. The van der Waals surface area contributed by atoms with Crippen LogP contribution < -0.4 is 9.46 Å². The predicted molar refractivity (Wildman–Crippen MR) is 86.0 cm³/mol. The van der Waals surface area contributed by atoms with Crippen molar-refractivity contribution in [1.82, 2.24) is 4.72 Å². The van der Waals surface area contributed by atoms with Gasteiger partial charge < -0.3 is 9.84 Å². The molecule has 2 rings (SSSR count). The summed E-state index contributed by atoms with van der Waals surface area (Å²) < 4.78 is 66.9. The summed E-state index contributed by atoms with van der Waals surface area (Å²) in [4.78, 5) is 11.1. The number of sulfonamides is 1. The minimum atomic E-state index is -4.89. The molecule has 0 saturated heterocycles. The summed E-state index contributed by atoms with van der Waals surface area (Å²) in [6.07, 6.45) is 1.42. The van der Waals surface area contributed by atoms with Crippen LogP contribution in [0.1, 0.15) is 25.7 Å². The molecule has 1 aliphatic rings. The van der Waals surface area contributed by atoms with Gasteiger partial charge in [-0.15, -0.1) is 13.2 Å². The van der Waals surface area contributed by atoms with Crippen molar-refractivity contribution in [2.45, 2.75) is 43.0 Å². The molecule has 0 heterocycles. The zero-order chi connectivity index (χ0) is 19.4. The number of halogens is 3. The van der Waals surface area contributed by atoms with Gasteiger partial charge in [0.05, 0.1) is 4.90 Å². The number of hydrogen-bond donors (Lipinski definition) is 2. The zero-order valence-corrected chi connectivity index (χ0v) is 14.4. The molecular weight excluding hydrogens is 375 g/mol. The summed E-state index contributed by atoms with van der Waals surface area (Å²) in [5.74, 6) is -1.83. The first-order valence-corrected chi connectivity index (χ1v) is 9.31. The van der Waals surface area contributed by atoms with Crippen LogP contribution in [0.15, 0.2) is 41.3 Å². The zero-order valence-electron chi connectivity index (χ0n) is 13.6. The van der Waals surface area contributed by atoms with Gasteiger partial charge in [-0.25, -0.2) is 8.42 Å². The third kappa shape index (κ3) is 6.03. The van der Waals surface area contributed by atoms with Gasteiger partial charge in [-0.3, -0.25) is 4.79 Å². The smallest absolute Gasteiger partial charge is 0.480 e. The van der Waals surface area contributed by atoms with Crippen molar-refractivity contribution in [1.29, 1.82) is 0 Å². The van der Waals surface area contributed by atoms with Crippen molar-refractivity contribution in [3.05, 3.63) is 36.4 Å². The summed E-state index contributed by atoms with van der Waals surface area (Å²) in [7, 11) is -4.20. The maximum absolute atomic E-state index is 12.3. The van der Waals surface area contributed by atoms with Crippen LogP contribution in [0.4, 0.5) is 13.2 Å². The van der Waals surface area contributed by atoms with Crippen LogP contribution in [0.25, 0.3) is 0 Å². The molecule has 0 radical (unpaired) electrons. The molecule has 0 unspecified atom stereocenters. The van der Waals surface area contributed by atoms with Gasteiger partial charge in [0.15, 0.2) is 0 Å². The molecule has 1 aromatic rings. The van der Waals surface area contributed by atoms with Gasteiger partial charge in [-0.2, -0.15) is 4.72 Å². The lowest BCUT2D eigenvalue weighted by atomic mass is 9.89. The second-order valence-electron chi connectivity index (χ2n) is 5.92. The molecule has 0 spiro atoms. The lowest BCUT2D eigenvalue weighted by Gasteiger charge is -2.22. The quantitative estimate of drug-likeness (QED) is 0.695. The summed E-state index contributed by atoms with van der Waals surface area (Å²) in [5.41, 5.74) is 0. The number of carboxylic acid groups (broad SMARTS) is 1. The first-order chi connectivity index (χ1) is 12.1. The van der Waals surface area contributed by atoms with Crippen LogP contribution in [0, 0.1) is 5.92 Å². The molecule has 0 saturated carbocycles. The Morgan fingerprint density at radius 3 is 2.42 bits per heavy atom. The summed E-state index contributed by atoms with van der Waals surface area (Å²) in [6.45, 7) is 0. The summed E-state index contributed by atoms with van der Waals surface area (Å²) in [6, 6.07) is 2.23. The highest BCUT2D eigenvalue weighted by atomic mass is 32.2. The summed E-state index contributed by atoms with van der Waals surface area (Å²) in [5, 5.41) is 9.30. The average Bonchev–Trinajstić information content (AvgIpc) is 2.54. The van der Waals surface area contributed by atoms with Gasteiger partial charge in [0.2, 0.25) is 10.0 Å². The van der Waals surface area contributed by atoms with Crippen molar-refractivity contribution in [3.63, 3.8) is 0 Å². The molecule has 1 aliphatic carbocycles. The molecule has 0 amide bonds. The second-order valence-corrected chi connectivity index (χ2v) is 7.63. The molecule has 0 bridgehead atoms. The molecule has 0 aromatic heterocycles. The van der Waals surface area contributed by atoms with Crippen LogP contribution in [-0.2, 0) is 14.8 Å². The highest BCUT2D eigenvalue weighted by Crippen LogP contribution is 2.25. The van der Waals surface area contributed by atoms with Crippen molar-refractivity contribution < 1.29 is 36.2 Å². The number of rotatable bonds is 7. The lowest BCUT2D eigenvalue weighted by Crippen LogP contribution is -2.42. The molecule has 10 heteroatoms. The molecule has 26 heavy (non-hydrogen) atoms. The molecule has 6 nitrogen and oxygen atoms in total. The Hall–Kier alpha value is -2.07. The van der Waals surface area contributed by atoms with Gasteiger partial charge >= 0.3 is 12.3 Å². The lowest BCUT2D eigenvalue weighted by molar-refractivity contribution is -0.274. The Morgan fingerprint density at radius 1 is 1.27 bits per heavy atom. The minimum Gasteiger partial charge on any atom is -0.480 e. The van der Waals surface area contributed by atoms with E-state index < -0.39 is 34.1 Å². The highest BCUT2D eigenvalue weighted by molar-refractivity contribution is 7.89. The van der Waals surface area contributed by atoms with Crippen LogP contribution in [0.3, 0.4) is 0 Å². The van der Waals surface area contributed by atoms with E-state index in [-0.39, 0.29) is 17.2 Å². The van der Waals surface area contributed by atoms with Crippen LogP contribution in [-0.4, -0.2) is 31.9 Å². The fourth-order valence-corrected chi connectivity index (χ4v) is 3.88. The maximum atomic E-state index is 12.3. The number of nitrogens with one attached hydrogen (secondary N) is 1. The molecule has 1 aromatic carbocycles. The Kier molecular flexibility index (Phi) is 6.30. The molecular formula is C16H18F3NO5S. The Morgan fingerprint density at radius 2 is 1.92 bits per heavy atom. The van der Waals surface area contributed by atoms with Gasteiger partial charge in [0.25, 0.3) is 0 Å². The van der Waals surface area contributed by atoms with Crippen LogP contribution in [0.5, 0.6) is 5.75 Å². The maximum Gasteiger partial charge on any atom is 0.573 e. The van der Waals surface area contributed by atoms with E-state index in [4.69, 9.17) is 0 Å². The van der Waals surface area contributed by atoms with Gasteiger partial charge in [-0.05, 0) is 55.9 Å². The van der Waals surface area contributed by atoms with Crippen molar-refractivity contribution >= 4 is 16.0 Å². The first kappa shape index (κ1) is 20.2. The Bertz CT molecular complexity index is 759. The second kappa shape index (κ2) is 8.09. The summed E-state index contributed by atoms with van der Waals surface area (Å²) >= 11 is 0. The molecule has 144 valence electrons. The van der Waals surface area contributed by atoms with Gasteiger partial charge in [-0.1, -0.05) is 12.2 Å². The van der Waals surface area contributed by atoms with E-state index in [1.165, 1.54) is 0 Å². The number of hydrogen-bond acceptors (Lipinski definition) is 4. The number of ether oxygens (including phenoxy) is 1. The van der Waals surface area contributed by atoms with E-state index >= 15 is 0 Å². The van der Waals surface area contributed by atoms with E-state index in [9.17, 15) is 31.5 Å². The monoisotopic (exact) mass is 393 g/mol. The number of allylic oxidation sites excluding steroid dienone is 2. The van der Waals surface area contributed by atoms with Crippen LogP contribution in [0.2, 0.25) is 0 Å². The minimum absolute atomic E-state index is 0.0476. The van der Waals surface area contributed by atoms with Crippen molar-refractivity contribution in [2.24, 2.45) is 5.92 Å². The number of aliphatic carboxylic acids is 1. The number of carbonyl (C=O) groups is 1. The Balaban J connectivity index is 2.09. The van der Waals surface area contributed by atoms with Gasteiger partial charge in [0.1, 0.15) is 11.8 Å². The fourth-order valence-electron chi connectivity index (χ4n) is 2.68. The third-order valence-electron chi connectivity index (χ3n) is 3.91. The van der Waals surface area contributed by atoms with Crippen molar-refractivity contribution in [3.8, 4) is 5.75 Å². The first-order valence-electron chi connectivity index (χ1n) is 7.83. The van der Waals surface area contributed by atoms with E-state index in [2.05, 4.69) is 9.46 Å². The molecule has 0 aliphatic heterocycles. The SMILES string of the molecule is O=C(O)[C@@H](C[C@H]1CC=CCC1)NS(=O)(=O)c1ccc(OC(F)(F)F)cc1. The number of alkyl halides is 3. The van der Waals surface area contributed by atoms with E-state index in [1.807, 2.05) is 12.2 Å². The fraction of sp³-hybridized carbons (Fsp3) is 0.438. The molecule has 2 N–H and O–H groups in total. The highest BCUT2D eigenvalue weighted by Gasteiger charge is 2.32. The molecule has 0 fully saturated rings. The molecule has 2 atom stereocenters. The number of carboxylic acids is 1. The average molecular weight is 393 g/mol. The van der Waals surface area contributed by atoms with Gasteiger partial charge in [0, 0.05) is 0 Å². The van der Waals surface area contributed by atoms with E-state index in [0.29, 0.717) is 6.42 Å². The topological polar surface area (TPSA) is 92.7 Å². The van der Waals surface area contributed by atoms with Crippen molar-refractivity contribution in [2.75, 3.05) is 0 Å². The predicted octanol–water partition coefficient (Wildman–Crippen LogP) is 3.06. The largest absolute Gasteiger partial charge is 0.573 e. The Labute approximate surface area is 148 Å². The number of benzene rings is 1.